The first kappa shape index (κ1) is 10.6. The van der Waals surface area contributed by atoms with Crippen LogP contribution >= 0.6 is 11.8 Å². The average Bonchev–Trinajstić information content (AvgIpc) is 2.18. The van der Waals surface area contributed by atoms with Gasteiger partial charge in [0.15, 0.2) is 0 Å². The highest BCUT2D eigenvalue weighted by Gasteiger charge is 2.06. The van der Waals surface area contributed by atoms with E-state index in [1.54, 1.807) is 12.1 Å². The number of hydrogen-bond donors (Lipinski definition) is 2. The summed E-state index contributed by atoms with van der Waals surface area (Å²) in [4.78, 5) is 11.4. The number of benzene rings is 1. The van der Waals surface area contributed by atoms with Crippen LogP contribution in [-0.4, -0.2) is 28.8 Å². The van der Waals surface area contributed by atoms with Gasteiger partial charge in [-0.15, -0.1) is 11.8 Å². The summed E-state index contributed by atoms with van der Waals surface area (Å²) >= 11 is 1.40. The van der Waals surface area contributed by atoms with Gasteiger partial charge in [-0.25, -0.2) is 4.79 Å². The normalized spacial score (nSPS) is 10.6. The number of aromatic carboxylic acids is 1. The standard InChI is InChI=1S/C9H9NO3S/c1-14-8-4-6(9(11)12)2-3-7(8)5-10-13/h2-5,13H,1H3,(H,11,12). The Morgan fingerprint density at radius 3 is 2.79 bits per heavy atom. The molecule has 1 aromatic rings. The molecule has 0 atom stereocenters. The zero-order valence-electron chi connectivity index (χ0n) is 7.47. The van der Waals surface area contributed by atoms with E-state index >= 15 is 0 Å². The van der Waals surface area contributed by atoms with Gasteiger partial charge in [-0.1, -0.05) is 11.2 Å². The molecule has 2 N–H and O–H groups in total. The Morgan fingerprint density at radius 1 is 1.57 bits per heavy atom. The van der Waals surface area contributed by atoms with Crippen molar-refractivity contribution >= 4 is 23.9 Å². The lowest BCUT2D eigenvalue weighted by atomic mass is 10.1. The zero-order valence-corrected chi connectivity index (χ0v) is 8.28. The van der Waals surface area contributed by atoms with Gasteiger partial charge in [0.25, 0.3) is 0 Å². The van der Waals surface area contributed by atoms with Crippen LogP contribution in [0.1, 0.15) is 15.9 Å². The van der Waals surface area contributed by atoms with Crippen molar-refractivity contribution < 1.29 is 15.1 Å². The van der Waals surface area contributed by atoms with E-state index in [1.165, 1.54) is 24.0 Å². The highest BCUT2D eigenvalue weighted by atomic mass is 32.2. The predicted octanol–water partition coefficient (Wildman–Crippen LogP) is 1.91. The molecule has 0 bridgehead atoms. The third kappa shape index (κ3) is 2.26. The molecule has 0 saturated heterocycles. The molecule has 74 valence electrons. The van der Waals surface area contributed by atoms with Crippen molar-refractivity contribution in [3.05, 3.63) is 29.3 Å². The van der Waals surface area contributed by atoms with E-state index in [0.717, 1.165) is 4.90 Å². The fourth-order valence-corrected chi connectivity index (χ4v) is 1.61. The number of carboxylic acids is 1. The zero-order chi connectivity index (χ0) is 10.6. The lowest BCUT2D eigenvalue weighted by molar-refractivity contribution is 0.0696. The molecule has 1 rings (SSSR count). The fraction of sp³-hybridized carbons (Fsp3) is 0.111. The van der Waals surface area contributed by atoms with Gasteiger partial charge in [-0.3, -0.25) is 0 Å². The van der Waals surface area contributed by atoms with Crippen LogP contribution < -0.4 is 0 Å². The van der Waals surface area contributed by atoms with Crippen LogP contribution in [0.4, 0.5) is 0 Å². The molecule has 0 heterocycles. The Labute approximate surface area is 85.2 Å². The molecule has 0 aromatic heterocycles. The molecule has 4 nitrogen and oxygen atoms in total. The number of carbonyl (C=O) groups is 1. The van der Waals surface area contributed by atoms with Crippen LogP contribution in [0.2, 0.25) is 0 Å². The predicted molar refractivity (Wildman–Crippen MR) is 54.6 cm³/mol. The van der Waals surface area contributed by atoms with Crippen molar-refractivity contribution in [3.8, 4) is 0 Å². The van der Waals surface area contributed by atoms with E-state index in [2.05, 4.69) is 5.16 Å². The van der Waals surface area contributed by atoms with Gasteiger partial charge in [-0.2, -0.15) is 0 Å². The number of thioether (sulfide) groups is 1. The Kier molecular flexibility index (Phi) is 3.53. The molecular weight excluding hydrogens is 202 g/mol. The Bertz CT molecular complexity index is 376. The number of hydrogen-bond acceptors (Lipinski definition) is 4. The molecule has 0 spiro atoms. The molecule has 0 amide bonds. The van der Waals surface area contributed by atoms with Crippen LogP contribution in [0.25, 0.3) is 0 Å². The molecule has 0 fully saturated rings. The number of oxime groups is 1. The maximum absolute atomic E-state index is 10.6. The first-order valence-corrected chi connectivity index (χ1v) is 5.00. The van der Waals surface area contributed by atoms with Gasteiger partial charge in [0.05, 0.1) is 11.8 Å². The maximum Gasteiger partial charge on any atom is 0.335 e. The van der Waals surface area contributed by atoms with Crippen molar-refractivity contribution in [2.45, 2.75) is 4.90 Å². The summed E-state index contributed by atoms with van der Waals surface area (Å²) in [5.74, 6) is -0.965. The minimum atomic E-state index is -0.965. The SMILES string of the molecule is CSc1cc(C(=O)O)ccc1C=NO. The summed E-state index contributed by atoms with van der Waals surface area (Å²) < 4.78 is 0. The number of carboxylic acid groups (broad SMARTS) is 1. The second-order valence-electron chi connectivity index (χ2n) is 2.51. The summed E-state index contributed by atoms with van der Waals surface area (Å²) in [7, 11) is 0. The molecule has 0 aliphatic rings. The molecular formula is C9H9NO3S. The second-order valence-corrected chi connectivity index (χ2v) is 3.35. The lowest BCUT2D eigenvalue weighted by Crippen LogP contribution is -1.97. The molecule has 0 unspecified atom stereocenters. The van der Waals surface area contributed by atoms with E-state index in [9.17, 15) is 4.79 Å². The van der Waals surface area contributed by atoms with E-state index in [-0.39, 0.29) is 5.56 Å². The number of nitrogens with zero attached hydrogens (tertiary/aromatic N) is 1. The molecule has 5 heteroatoms. The monoisotopic (exact) mass is 211 g/mol. The van der Waals surface area contributed by atoms with Gasteiger partial charge >= 0.3 is 5.97 Å². The highest BCUT2D eigenvalue weighted by molar-refractivity contribution is 7.98. The highest BCUT2D eigenvalue weighted by Crippen LogP contribution is 2.20. The van der Waals surface area contributed by atoms with Crippen LogP contribution in [0, 0.1) is 0 Å². The van der Waals surface area contributed by atoms with E-state index < -0.39 is 5.97 Å². The van der Waals surface area contributed by atoms with Crippen LogP contribution in [0.3, 0.4) is 0 Å². The second kappa shape index (κ2) is 4.66. The van der Waals surface area contributed by atoms with Crippen LogP contribution in [0.15, 0.2) is 28.3 Å². The summed E-state index contributed by atoms with van der Waals surface area (Å²) in [6.07, 6.45) is 3.10. The van der Waals surface area contributed by atoms with Crippen molar-refractivity contribution in [1.29, 1.82) is 0 Å². The quantitative estimate of drug-likeness (QED) is 0.347. The van der Waals surface area contributed by atoms with Crippen molar-refractivity contribution in [2.75, 3.05) is 6.26 Å². The van der Waals surface area contributed by atoms with E-state index in [1.807, 2.05) is 6.26 Å². The maximum atomic E-state index is 10.6. The summed E-state index contributed by atoms with van der Waals surface area (Å²) in [5.41, 5.74) is 0.925. The molecule has 0 aliphatic heterocycles. The average molecular weight is 211 g/mol. The van der Waals surface area contributed by atoms with Crippen molar-refractivity contribution in [2.24, 2.45) is 5.16 Å². The largest absolute Gasteiger partial charge is 0.478 e. The molecule has 0 radical (unpaired) electrons. The summed E-state index contributed by atoms with van der Waals surface area (Å²) in [6, 6.07) is 4.62. The summed E-state index contributed by atoms with van der Waals surface area (Å²) in [6.45, 7) is 0. The third-order valence-corrected chi connectivity index (χ3v) is 2.47. The lowest BCUT2D eigenvalue weighted by Gasteiger charge is -2.02. The summed E-state index contributed by atoms with van der Waals surface area (Å²) in [5, 5.41) is 20.0. The van der Waals surface area contributed by atoms with Crippen LogP contribution in [0.5, 0.6) is 0 Å². The van der Waals surface area contributed by atoms with E-state index in [0.29, 0.717) is 5.56 Å². The molecule has 14 heavy (non-hydrogen) atoms. The van der Waals surface area contributed by atoms with Crippen molar-refractivity contribution in [1.82, 2.24) is 0 Å². The minimum Gasteiger partial charge on any atom is -0.478 e. The van der Waals surface area contributed by atoms with Gasteiger partial charge in [0.2, 0.25) is 0 Å². The van der Waals surface area contributed by atoms with Crippen LogP contribution in [-0.2, 0) is 0 Å². The smallest absolute Gasteiger partial charge is 0.335 e. The third-order valence-electron chi connectivity index (χ3n) is 1.68. The first-order chi connectivity index (χ1) is 6.69. The Morgan fingerprint density at radius 2 is 2.29 bits per heavy atom. The van der Waals surface area contributed by atoms with Gasteiger partial charge in [-0.05, 0) is 18.4 Å². The van der Waals surface area contributed by atoms with Gasteiger partial charge in [0.1, 0.15) is 0 Å². The van der Waals surface area contributed by atoms with Gasteiger partial charge in [0, 0.05) is 10.5 Å². The minimum absolute atomic E-state index is 0.226. The molecule has 0 saturated carbocycles. The molecule has 0 aliphatic carbocycles. The topological polar surface area (TPSA) is 69.9 Å². The first-order valence-electron chi connectivity index (χ1n) is 3.78. The van der Waals surface area contributed by atoms with Gasteiger partial charge < -0.3 is 10.3 Å². The van der Waals surface area contributed by atoms with E-state index in [4.69, 9.17) is 10.3 Å². The molecule has 1 aromatic carbocycles. The Hall–Kier alpha value is -1.49. The Balaban J connectivity index is 3.17. The fourth-order valence-electron chi connectivity index (χ4n) is 1.01. The number of rotatable bonds is 3. The van der Waals surface area contributed by atoms with Crippen molar-refractivity contribution in [3.63, 3.8) is 0 Å².